The summed E-state index contributed by atoms with van der Waals surface area (Å²) in [7, 11) is 1.99. The van der Waals surface area contributed by atoms with Gasteiger partial charge in [-0.25, -0.2) is 0 Å². The summed E-state index contributed by atoms with van der Waals surface area (Å²) in [4.78, 5) is 14.6. The molecule has 2 unspecified atom stereocenters. The summed E-state index contributed by atoms with van der Waals surface area (Å²) in [6.45, 7) is 1.73. The van der Waals surface area contributed by atoms with Crippen molar-refractivity contribution in [2.75, 3.05) is 20.1 Å². The average Bonchev–Trinajstić information content (AvgIpc) is 3.27. The van der Waals surface area contributed by atoms with Crippen molar-refractivity contribution in [2.45, 2.75) is 31.2 Å². The maximum Gasteiger partial charge on any atom is 0.226 e. The molecule has 0 aromatic heterocycles. The lowest BCUT2D eigenvalue weighted by Gasteiger charge is -2.32. The Hall–Kier alpha value is -0.770. The Bertz CT molecular complexity index is 541. The molecule has 21 heavy (non-hydrogen) atoms. The molecule has 2 aliphatic rings. The van der Waals surface area contributed by atoms with Gasteiger partial charge >= 0.3 is 0 Å². The van der Waals surface area contributed by atoms with E-state index in [1.54, 1.807) is 6.07 Å². The molecule has 2 atom stereocenters. The van der Waals surface area contributed by atoms with Crippen LogP contribution in [0.4, 0.5) is 0 Å². The van der Waals surface area contributed by atoms with Crippen LogP contribution < -0.4 is 5.32 Å². The Morgan fingerprint density at radius 2 is 2.00 bits per heavy atom. The third kappa shape index (κ3) is 3.20. The highest BCUT2D eigenvalue weighted by molar-refractivity contribution is 6.35. The summed E-state index contributed by atoms with van der Waals surface area (Å²) >= 11 is 12.2. The summed E-state index contributed by atoms with van der Waals surface area (Å²) in [5, 5.41) is 4.61. The van der Waals surface area contributed by atoms with Gasteiger partial charge in [0.2, 0.25) is 5.91 Å². The number of carbonyl (C=O) groups is 1. The van der Waals surface area contributed by atoms with E-state index in [2.05, 4.69) is 5.32 Å². The molecule has 1 amide bonds. The number of carbonyl (C=O) groups excluding carboxylic acids is 1. The molecule has 114 valence electrons. The van der Waals surface area contributed by atoms with E-state index >= 15 is 0 Å². The van der Waals surface area contributed by atoms with Gasteiger partial charge in [-0.05, 0) is 49.9 Å². The largest absolute Gasteiger partial charge is 0.342 e. The number of piperidine rings is 1. The molecule has 0 bridgehead atoms. The quantitative estimate of drug-likeness (QED) is 0.924. The van der Waals surface area contributed by atoms with Gasteiger partial charge in [-0.15, -0.1) is 0 Å². The molecule has 1 aromatic rings. The maximum absolute atomic E-state index is 12.6. The predicted molar refractivity (Wildman–Crippen MR) is 86.0 cm³/mol. The summed E-state index contributed by atoms with van der Waals surface area (Å²) in [5.41, 5.74) is 1.06. The molecular weight excluding hydrogens is 307 g/mol. The minimum atomic E-state index is 0.106. The zero-order chi connectivity index (χ0) is 15.0. The number of likely N-dealkylation sites (tertiary alicyclic amines) is 1. The molecule has 1 aliphatic carbocycles. The predicted octanol–water partition coefficient (Wildman–Crippen LogP) is 3.31. The molecule has 1 saturated carbocycles. The molecule has 1 N–H and O–H groups in total. The van der Waals surface area contributed by atoms with Gasteiger partial charge in [-0.3, -0.25) is 4.79 Å². The third-order valence-electron chi connectivity index (χ3n) is 4.68. The first-order valence-electron chi connectivity index (χ1n) is 7.51. The molecule has 1 saturated heterocycles. The van der Waals surface area contributed by atoms with Crippen LogP contribution in [0.3, 0.4) is 0 Å². The van der Waals surface area contributed by atoms with Gasteiger partial charge in [0.15, 0.2) is 0 Å². The molecule has 2 fully saturated rings. The molecule has 1 aliphatic heterocycles. The third-order valence-corrected chi connectivity index (χ3v) is 5.25. The van der Waals surface area contributed by atoms with Crippen LogP contribution in [-0.4, -0.2) is 37.0 Å². The second kappa shape index (κ2) is 6.15. The van der Waals surface area contributed by atoms with E-state index in [1.807, 2.05) is 24.1 Å². The van der Waals surface area contributed by atoms with Crippen LogP contribution in [-0.2, 0) is 4.79 Å². The van der Waals surface area contributed by atoms with Crippen molar-refractivity contribution in [3.8, 4) is 0 Å². The van der Waals surface area contributed by atoms with Crippen LogP contribution >= 0.6 is 23.2 Å². The maximum atomic E-state index is 12.6. The number of hydrogen-bond acceptors (Lipinski definition) is 2. The van der Waals surface area contributed by atoms with Crippen LogP contribution in [0.2, 0.25) is 10.0 Å². The Morgan fingerprint density at radius 1 is 1.29 bits per heavy atom. The number of nitrogens with one attached hydrogen (secondary N) is 1. The first-order valence-corrected chi connectivity index (χ1v) is 8.26. The number of rotatable bonds is 3. The van der Waals surface area contributed by atoms with Crippen LogP contribution in [0.1, 0.15) is 30.7 Å². The van der Waals surface area contributed by atoms with E-state index in [1.165, 1.54) is 0 Å². The molecule has 0 spiro atoms. The summed E-state index contributed by atoms with van der Waals surface area (Å²) < 4.78 is 0. The summed E-state index contributed by atoms with van der Waals surface area (Å²) in [6.07, 6.45) is 2.99. The molecule has 1 heterocycles. The summed E-state index contributed by atoms with van der Waals surface area (Å²) in [6, 6.07) is 6.11. The zero-order valence-electron chi connectivity index (χ0n) is 12.1. The Morgan fingerprint density at radius 3 is 2.62 bits per heavy atom. The SMILES string of the molecule is CNC1CCN(C(=O)C2CC2c2ccc(Cl)cc2Cl)CC1. The van der Waals surface area contributed by atoms with Crippen molar-refractivity contribution in [1.82, 2.24) is 10.2 Å². The normalized spacial score (nSPS) is 26.0. The highest BCUT2D eigenvalue weighted by Crippen LogP contribution is 2.51. The van der Waals surface area contributed by atoms with Crippen LogP contribution in [0.15, 0.2) is 18.2 Å². The van der Waals surface area contributed by atoms with E-state index in [4.69, 9.17) is 23.2 Å². The van der Waals surface area contributed by atoms with Crippen molar-refractivity contribution in [3.63, 3.8) is 0 Å². The average molecular weight is 327 g/mol. The number of nitrogens with zero attached hydrogens (tertiary/aromatic N) is 1. The van der Waals surface area contributed by atoms with Gasteiger partial charge in [0.1, 0.15) is 0 Å². The Labute approximate surface area is 135 Å². The molecular formula is C16H20Cl2N2O. The van der Waals surface area contributed by atoms with Crippen molar-refractivity contribution in [3.05, 3.63) is 33.8 Å². The van der Waals surface area contributed by atoms with Crippen LogP contribution in [0.25, 0.3) is 0 Å². The van der Waals surface area contributed by atoms with E-state index < -0.39 is 0 Å². The van der Waals surface area contributed by atoms with Gasteiger partial charge in [-0.1, -0.05) is 29.3 Å². The van der Waals surface area contributed by atoms with Gasteiger partial charge in [-0.2, -0.15) is 0 Å². The van der Waals surface area contributed by atoms with Gasteiger partial charge in [0.25, 0.3) is 0 Å². The number of amides is 1. The highest BCUT2D eigenvalue weighted by atomic mass is 35.5. The van der Waals surface area contributed by atoms with Gasteiger partial charge in [0.05, 0.1) is 0 Å². The fraction of sp³-hybridized carbons (Fsp3) is 0.562. The first-order chi connectivity index (χ1) is 10.1. The monoisotopic (exact) mass is 326 g/mol. The van der Waals surface area contributed by atoms with Crippen LogP contribution in [0, 0.1) is 5.92 Å². The highest BCUT2D eigenvalue weighted by Gasteiger charge is 2.46. The molecule has 3 nitrogen and oxygen atoms in total. The lowest BCUT2D eigenvalue weighted by molar-refractivity contribution is -0.133. The Balaban J connectivity index is 1.61. The molecule has 5 heteroatoms. The molecule has 1 aromatic carbocycles. The van der Waals surface area contributed by atoms with E-state index in [0.717, 1.165) is 37.9 Å². The second-order valence-electron chi connectivity index (χ2n) is 6.00. The van der Waals surface area contributed by atoms with E-state index in [-0.39, 0.29) is 11.8 Å². The van der Waals surface area contributed by atoms with Crippen molar-refractivity contribution in [2.24, 2.45) is 5.92 Å². The number of hydrogen-bond donors (Lipinski definition) is 1. The minimum Gasteiger partial charge on any atom is -0.342 e. The number of halogens is 2. The van der Waals surface area contributed by atoms with E-state index in [0.29, 0.717) is 22.0 Å². The first kappa shape index (κ1) is 15.1. The standard InChI is InChI=1S/C16H20Cl2N2O/c1-19-11-4-6-20(7-5-11)16(21)14-9-13(14)12-3-2-10(17)8-15(12)18/h2-3,8,11,13-14,19H,4-7,9H2,1H3. The number of benzene rings is 1. The Kier molecular flexibility index (Phi) is 4.43. The topological polar surface area (TPSA) is 32.3 Å². The minimum absolute atomic E-state index is 0.106. The van der Waals surface area contributed by atoms with E-state index in [9.17, 15) is 4.79 Å². The van der Waals surface area contributed by atoms with Gasteiger partial charge < -0.3 is 10.2 Å². The fourth-order valence-electron chi connectivity index (χ4n) is 3.24. The van der Waals surface area contributed by atoms with Crippen molar-refractivity contribution >= 4 is 29.1 Å². The summed E-state index contributed by atoms with van der Waals surface area (Å²) in [5.74, 6) is 0.666. The fourth-order valence-corrected chi connectivity index (χ4v) is 3.79. The van der Waals surface area contributed by atoms with Gasteiger partial charge in [0, 0.05) is 35.1 Å². The second-order valence-corrected chi connectivity index (χ2v) is 6.85. The smallest absolute Gasteiger partial charge is 0.226 e. The molecule has 0 radical (unpaired) electrons. The zero-order valence-corrected chi connectivity index (χ0v) is 13.6. The van der Waals surface area contributed by atoms with Crippen molar-refractivity contribution in [1.29, 1.82) is 0 Å². The van der Waals surface area contributed by atoms with Crippen molar-refractivity contribution < 1.29 is 4.79 Å². The van der Waals surface area contributed by atoms with Crippen LogP contribution in [0.5, 0.6) is 0 Å². The molecule has 3 rings (SSSR count). The lowest BCUT2D eigenvalue weighted by atomic mass is 10.0. The lowest BCUT2D eigenvalue weighted by Crippen LogP contribution is -2.44.